The van der Waals surface area contributed by atoms with Crippen LogP contribution in [-0.4, -0.2) is 65.9 Å². The van der Waals surface area contributed by atoms with Crippen LogP contribution in [-0.2, 0) is 19.1 Å². The van der Waals surface area contributed by atoms with Crippen molar-refractivity contribution in [3.05, 3.63) is 36.5 Å². The van der Waals surface area contributed by atoms with E-state index in [0.717, 1.165) is 11.5 Å². The molecular formula is C20H26N6O4. The van der Waals surface area contributed by atoms with E-state index in [0.29, 0.717) is 37.3 Å². The number of nitrogens with one attached hydrogen (secondary N) is 2. The fraction of sp³-hybridized carbons (Fsp3) is 0.350. The van der Waals surface area contributed by atoms with Crippen LogP contribution in [0.3, 0.4) is 0 Å². The topological polar surface area (TPSA) is 140 Å². The number of amides is 2. The molecular weight excluding hydrogens is 388 g/mol. The lowest BCUT2D eigenvalue weighted by atomic mass is 10.2. The van der Waals surface area contributed by atoms with Gasteiger partial charge in [0.15, 0.2) is 0 Å². The van der Waals surface area contributed by atoms with Gasteiger partial charge in [0.25, 0.3) is 0 Å². The van der Waals surface area contributed by atoms with Gasteiger partial charge in [-0.05, 0) is 38.6 Å². The number of nitrogens with zero attached hydrogens (tertiary/aromatic N) is 3. The van der Waals surface area contributed by atoms with Crippen molar-refractivity contribution in [2.75, 3.05) is 44.3 Å². The molecule has 2 amide bonds. The Morgan fingerprint density at radius 2 is 2.00 bits per heavy atom. The number of carbonyl (C=O) groups is 3. The van der Waals surface area contributed by atoms with Crippen LogP contribution >= 0.6 is 0 Å². The monoisotopic (exact) mass is 414 g/mol. The van der Waals surface area contributed by atoms with Crippen molar-refractivity contribution < 1.29 is 19.1 Å². The largest absolute Gasteiger partial charge is 0.465 e. The average Bonchev–Trinajstić information content (AvgIpc) is 2.70. The maximum atomic E-state index is 12.0. The molecule has 0 aliphatic heterocycles. The van der Waals surface area contributed by atoms with E-state index < -0.39 is 5.91 Å². The first-order valence-corrected chi connectivity index (χ1v) is 9.50. The molecule has 10 nitrogen and oxygen atoms in total. The number of ether oxygens (including phenoxy) is 1. The van der Waals surface area contributed by atoms with Crippen LogP contribution in [0.1, 0.15) is 13.3 Å². The summed E-state index contributed by atoms with van der Waals surface area (Å²) in [7, 11) is 1.80. The zero-order chi connectivity index (χ0) is 21.9. The first kappa shape index (κ1) is 22.8. The van der Waals surface area contributed by atoms with Gasteiger partial charge in [-0.2, -0.15) is 0 Å². The maximum absolute atomic E-state index is 12.0. The molecule has 0 saturated heterocycles. The Morgan fingerprint density at radius 1 is 1.23 bits per heavy atom. The molecule has 0 fully saturated rings. The highest BCUT2D eigenvalue weighted by Crippen LogP contribution is 2.17. The number of likely N-dealkylation sites (N-methyl/N-ethyl adjacent to an activating group) is 1. The third kappa shape index (κ3) is 7.84. The summed E-state index contributed by atoms with van der Waals surface area (Å²) in [5, 5.41) is 6.09. The van der Waals surface area contributed by atoms with Crippen LogP contribution < -0.4 is 16.4 Å². The second-order valence-electron chi connectivity index (χ2n) is 6.51. The van der Waals surface area contributed by atoms with Gasteiger partial charge in [-0.15, -0.1) is 0 Å². The molecule has 0 aliphatic carbocycles. The minimum Gasteiger partial charge on any atom is -0.465 e. The van der Waals surface area contributed by atoms with Gasteiger partial charge in [0.1, 0.15) is 0 Å². The van der Waals surface area contributed by atoms with Crippen molar-refractivity contribution in [3.63, 3.8) is 0 Å². The number of nitrogens with two attached hydrogens (primary N) is 1. The molecule has 0 saturated carbocycles. The van der Waals surface area contributed by atoms with Crippen LogP contribution in [0.15, 0.2) is 36.5 Å². The number of nitrogen functional groups attached to an aromatic ring is 1. The zero-order valence-corrected chi connectivity index (χ0v) is 17.1. The molecule has 1 aromatic carbocycles. The number of carbonyl (C=O) groups excluding carboxylic acids is 3. The van der Waals surface area contributed by atoms with E-state index in [1.807, 2.05) is 4.90 Å². The van der Waals surface area contributed by atoms with E-state index in [1.165, 1.54) is 6.08 Å². The predicted molar refractivity (Wildman–Crippen MR) is 113 cm³/mol. The van der Waals surface area contributed by atoms with Gasteiger partial charge >= 0.3 is 5.97 Å². The molecule has 4 N–H and O–H groups in total. The fourth-order valence-electron chi connectivity index (χ4n) is 2.59. The molecule has 1 heterocycles. The van der Waals surface area contributed by atoms with Crippen LogP contribution in [0, 0.1) is 0 Å². The summed E-state index contributed by atoms with van der Waals surface area (Å²) in [5.41, 5.74) is 6.76. The minimum atomic E-state index is -0.435. The lowest BCUT2D eigenvalue weighted by molar-refractivity contribution is -0.144. The van der Waals surface area contributed by atoms with Crippen molar-refractivity contribution in [2.24, 2.45) is 0 Å². The first-order valence-electron chi connectivity index (χ1n) is 9.50. The Labute approximate surface area is 174 Å². The van der Waals surface area contributed by atoms with E-state index in [4.69, 9.17) is 10.5 Å². The molecule has 0 bridgehead atoms. The van der Waals surface area contributed by atoms with Crippen molar-refractivity contribution in [1.82, 2.24) is 20.2 Å². The van der Waals surface area contributed by atoms with Crippen molar-refractivity contribution in [3.8, 4) is 0 Å². The van der Waals surface area contributed by atoms with Crippen LogP contribution in [0.4, 0.5) is 11.6 Å². The lowest BCUT2D eigenvalue weighted by Crippen LogP contribution is -2.31. The second-order valence-corrected chi connectivity index (χ2v) is 6.51. The van der Waals surface area contributed by atoms with Gasteiger partial charge in [-0.25, -0.2) is 9.97 Å². The van der Waals surface area contributed by atoms with Gasteiger partial charge in [0.05, 0.1) is 18.7 Å². The fourth-order valence-corrected chi connectivity index (χ4v) is 2.59. The quantitative estimate of drug-likeness (QED) is 0.293. The highest BCUT2D eigenvalue weighted by molar-refractivity contribution is 6.04. The van der Waals surface area contributed by atoms with Crippen LogP contribution in [0.25, 0.3) is 10.9 Å². The molecule has 30 heavy (non-hydrogen) atoms. The normalized spacial score (nSPS) is 11.0. The minimum absolute atomic E-state index is 0.180. The molecule has 0 atom stereocenters. The van der Waals surface area contributed by atoms with E-state index in [2.05, 4.69) is 20.6 Å². The number of hydrogen-bond acceptors (Lipinski definition) is 8. The lowest BCUT2D eigenvalue weighted by Gasteiger charge is -2.15. The first-order chi connectivity index (χ1) is 14.4. The van der Waals surface area contributed by atoms with Crippen molar-refractivity contribution in [1.29, 1.82) is 0 Å². The number of fused-ring (bicyclic) bond motifs is 1. The number of benzene rings is 1. The number of hydrogen-bond donors (Lipinski definition) is 3. The second kappa shape index (κ2) is 11.5. The van der Waals surface area contributed by atoms with Gasteiger partial charge in [0, 0.05) is 42.5 Å². The maximum Gasteiger partial charge on any atom is 0.320 e. The Hall–Kier alpha value is -3.53. The molecule has 0 aliphatic rings. The summed E-state index contributed by atoms with van der Waals surface area (Å²) in [4.78, 5) is 45.0. The van der Waals surface area contributed by atoms with Gasteiger partial charge in [-0.3, -0.25) is 19.3 Å². The van der Waals surface area contributed by atoms with E-state index in [1.54, 1.807) is 38.4 Å². The zero-order valence-electron chi connectivity index (χ0n) is 17.1. The Morgan fingerprint density at radius 3 is 2.77 bits per heavy atom. The van der Waals surface area contributed by atoms with Crippen LogP contribution in [0.5, 0.6) is 0 Å². The molecule has 2 aromatic rings. The third-order valence-corrected chi connectivity index (χ3v) is 3.97. The smallest absolute Gasteiger partial charge is 0.320 e. The molecule has 160 valence electrons. The Bertz CT molecular complexity index is 931. The molecule has 0 unspecified atom stereocenters. The third-order valence-electron chi connectivity index (χ3n) is 3.97. The summed E-state index contributed by atoms with van der Waals surface area (Å²) in [6.45, 7) is 3.37. The van der Waals surface area contributed by atoms with Crippen molar-refractivity contribution in [2.45, 2.75) is 13.3 Å². The van der Waals surface area contributed by atoms with E-state index in [9.17, 15) is 14.4 Å². The van der Waals surface area contributed by atoms with Gasteiger partial charge in [-0.1, -0.05) is 0 Å². The number of aromatic nitrogens is 2. The highest BCUT2D eigenvalue weighted by atomic mass is 16.5. The van der Waals surface area contributed by atoms with E-state index in [-0.39, 0.29) is 24.4 Å². The molecule has 2 rings (SSSR count). The van der Waals surface area contributed by atoms with Gasteiger partial charge < -0.3 is 21.1 Å². The highest BCUT2D eigenvalue weighted by Gasteiger charge is 2.07. The van der Waals surface area contributed by atoms with E-state index >= 15 is 0 Å². The van der Waals surface area contributed by atoms with Crippen molar-refractivity contribution >= 4 is 40.3 Å². The standard InChI is InChI=1S/C20H26N6O4/c1-3-30-19(29)13-26(2)10-4-9-22-17(27)7-8-18(28)24-15-5-6-16-14(11-15)12-23-20(21)25-16/h5-8,11-12H,3-4,9-10,13H2,1-2H3,(H,22,27)(H,24,28)(H2,21,23,25). The summed E-state index contributed by atoms with van der Waals surface area (Å²) >= 11 is 0. The molecule has 0 spiro atoms. The Balaban J connectivity index is 1.71. The molecule has 10 heteroatoms. The molecule has 1 aromatic heterocycles. The predicted octanol–water partition coefficient (Wildman–Crippen LogP) is 0.708. The number of esters is 1. The average molecular weight is 414 g/mol. The SMILES string of the molecule is CCOC(=O)CN(C)CCCNC(=O)C=CC(=O)Nc1ccc2nc(N)ncc2c1. The summed E-state index contributed by atoms with van der Waals surface area (Å²) in [6, 6.07) is 5.12. The number of anilines is 2. The summed E-state index contributed by atoms with van der Waals surface area (Å²) in [5.74, 6) is -0.907. The van der Waals surface area contributed by atoms with Gasteiger partial charge in [0.2, 0.25) is 17.8 Å². The summed E-state index contributed by atoms with van der Waals surface area (Å²) in [6.07, 6.45) is 4.56. The summed E-state index contributed by atoms with van der Waals surface area (Å²) < 4.78 is 4.87. The number of rotatable bonds is 10. The van der Waals surface area contributed by atoms with Crippen LogP contribution in [0.2, 0.25) is 0 Å². The molecule has 0 radical (unpaired) electrons. The Kier molecular flexibility index (Phi) is 8.70.